The minimum Gasteiger partial charge on any atom is -0.0654 e. The molecular formula is C16H33. The topological polar surface area (TPSA) is 0 Å². The fourth-order valence-electron chi connectivity index (χ4n) is 2.42. The van der Waals surface area contributed by atoms with E-state index in [-0.39, 0.29) is 0 Å². The molecule has 0 saturated heterocycles. The maximum atomic E-state index is 2.64. The molecule has 0 amide bonds. The van der Waals surface area contributed by atoms with Gasteiger partial charge in [-0.1, -0.05) is 79.6 Å². The summed E-state index contributed by atoms with van der Waals surface area (Å²) in [6.45, 7) is 11.7. The zero-order valence-electron chi connectivity index (χ0n) is 12.3. The van der Waals surface area contributed by atoms with Gasteiger partial charge in [0.05, 0.1) is 0 Å². The molecule has 97 valence electrons. The highest BCUT2D eigenvalue weighted by Gasteiger charge is 2.21. The Balaban J connectivity index is 3.89. The van der Waals surface area contributed by atoms with Crippen molar-refractivity contribution in [1.29, 1.82) is 0 Å². The van der Waals surface area contributed by atoms with Gasteiger partial charge >= 0.3 is 0 Å². The molecule has 0 aliphatic carbocycles. The zero-order valence-corrected chi connectivity index (χ0v) is 12.3. The summed E-state index contributed by atoms with van der Waals surface area (Å²) in [4.78, 5) is 0. The Labute approximate surface area is 104 Å². The van der Waals surface area contributed by atoms with Crippen LogP contribution in [0.4, 0.5) is 0 Å². The van der Waals surface area contributed by atoms with E-state index in [1.54, 1.807) is 0 Å². The summed E-state index contributed by atoms with van der Waals surface area (Å²) in [6, 6.07) is 0. The average Bonchev–Trinajstić information content (AvgIpc) is 2.24. The molecule has 1 atom stereocenters. The third-order valence-electron chi connectivity index (χ3n) is 3.56. The van der Waals surface area contributed by atoms with E-state index in [2.05, 4.69) is 41.0 Å². The normalized spacial score (nSPS) is 14.1. The van der Waals surface area contributed by atoms with Gasteiger partial charge in [0.15, 0.2) is 0 Å². The predicted octanol–water partition coefficient (Wildman–Crippen LogP) is 6.01. The largest absolute Gasteiger partial charge is 0.0654 e. The second-order valence-corrected chi connectivity index (χ2v) is 5.92. The molecule has 0 aliphatic rings. The molecule has 0 heterocycles. The number of unbranched alkanes of at least 4 members (excludes halogenated alkanes) is 3. The minimum absolute atomic E-state index is 0.448. The van der Waals surface area contributed by atoms with Crippen molar-refractivity contribution < 1.29 is 0 Å². The molecule has 0 saturated carbocycles. The van der Waals surface area contributed by atoms with E-state index >= 15 is 0 Å². The minimum atomic E-state index is 0.448. The molecular weight excluding hydrogens is 192 g/mol. The van der Waals surface area contributed by atoms with Crippen molar-refractivity contribution in [3.8, 4) is 0 Å². The van der Waals surface area contributed by atoms with Crippen molar-refractivity contribution in [2.45, 2.75) is 86.0 Å². The van der Waals surface area contributed by atoms with E-state index in [9.17, 15) is 0 Å². The van der Waals surface area contributed by atoms with Crippen LogP contribution in [0.5, 0.6) is 0 Å². The summed E-state index contributed by atoms with van der Waals surface area (Å²) in [5, 5.41) is 0. The number of rotatable bonds is 10. The molecule has 0 aliphatic heterocycles. The highest BCUT2D eigenvalue weighted by Crippen LogP contribution is 2.33. The van der Waals surface area contributed by atoms with Crippen molar-refractivity contribution in [2.75, 3.05) is 0 Å². The zero-order chi connectivity index (χ0) is 12.4. The average molecular weight is 225 g/mol. The number of hydrogen-bond acceptors (Lipinski definition) is 0. The first-order valence-corrected chi connectivity index (χ1v) is 7.41. The molecule has 0 rings (SSSR count). The van der Waals surface area contributed by atoms with E-state index in [1.165, 1.54) is 51.4 Å². The van der Waals surface area contributed by atoms with Crippen LogP contribution in [-0.4, -0.2) is 0 Å². The van der Waals surface area contributed by atoms with Gasteiger partial charge in [0.1, 0.15) is 0 Å². The van der Waals surface area contributed by atoms with Gasteiger partial charge in [-0.15, -0.1) is 0 Å². The molecule has 0 aromatic heterocycles. The fraction of sp³-hybridized carbons (Fsp3) is 0.938. The molecule has 0 fully saturated rings. The monoisotopic (exact) mass is 225 g/mol. The lowest BCUT2D eigenvalue weighted by molar-refractivity contribution is 0.319. The Bertz CT molecular complexity index is 146. The van der Waals surface area contributed by atoms with Crippen LogP contribution in [0.3, 0.4) is 0 Å². The lowest BCUT2D eigenvalue weighted by Crippen LogP contribution is -2.18. The second kappa shape index (κ2) is 9.07. The summed E-state index contributed by atoms with van der Waals surface area (Å²) < 4.78 is 0. The predicted molar refractivity (Wildman–Crippen MR) is 75.5 cm³/mol. The van der Waals surface area contributed by atoms with Crippen LogP contribution in [0.2, 0.25) is 0 Å². The molecule has 0 aromatic carbocycles. The standard InChI is InChI=1S/C16H33/c1-6-9-11-13-16(4,5)14-15(8-3)12-10-7-2/h14-15H,6-13H2,1-5H3. The van der Waals surface area contributed by atoms with Gasteiger partial charge in [0.2, 0.25) is 0 Å². The second-order valence-electron chi connectivity index (χ2n) is 5.92. The molecule has 0 bridgehead atoms. The van der Waals surface area contributed by atoms with Crippen molar-refractivity contribution in [3.63, 3.8) is 0 Å². The van der Waals surface area contributed by atoms with E-state index in [0.29, 0.717) is 5.41 Å². The Morgan fingerprint density at radius 1 is 0.938 bits per heavy atom. The van der Waals surface area contributed by atoms with Crippen LogP contribution in [0, 0.1) is 17.8 Å². The summed E-state index contributed by atoms with van der Waals surface area (Å²) in [5.41, 5.74) is 0.448. The highest BCUT2D eigenvalue weighted by molar-refractivity contribution is 4.89. The molecule has 0 N–H and O–H groups in total. The molecule has 1 radical (unpaired) electrons. The molecule has 16 heavy (non-hydrogen) atoms. The van der Waals surface area contributed by atoms with Crippen LogP contribution < -0.4 is 0 Å². The van der Waals surface area contributed by atoms with E-state index in [1.807, 2.05) is 0 Å². The van der Waals surface area contributed by atoms with E-state index < -0.39 is 0 Å². The van der Waals surface area contributed by atoms with Gasteiger partial charge in [0, 0.05) is 0 Å². The van der Waals surface area contributed by atoms with Gasteiger partial charge in [-0.25, -0.2) is 0 Å². The van der Waals surface area contributed by atoms with Crippen LogP contribution in [0.1, 0.15) is 86.0 Å². The summed E-state index contributed by atoms with van der Waals surface area (Å²) >= 11 is 0. The van der Waals surface area contributed by atoms with E-state index in [0.717, 1.165) is 5.92 Å². The lowest BCUT2D eigenvalue weighted by Gasteiger charge is -2.29. The molecule has 0 heteroatoms. The van der Waals surface area contributed by atoms with Crippen LogP contribution in [0.15, 0.2) is 0 Å². The third-order valence-corrected chi connectivity index (χ3v) is 3.56. The summed E-state index contributed by atoms with van der Waals surface area (Å²) in [6.07, 6.45) is 13.6. The van der Waals surface area contributed by atoms with Gasteiger partial charge in [-0.2, -0.15) is 0 Å². The summed E-state index contributed by atoms with van der Waals surface area (Å²) in [7, 11) is 0. The van der Waals surface area contributed by atoms with Crippen molar-refractivity contribution in [2.24, 2.45) is 11.3 Å². The van der Waals surface area contributed by atoms with Crippen molar-refractivity contribution in [3.05, 3.63) is 6.42 Å². The Morgan fingerprint density at radius 2 is 1.56 bits per heavy atom. The maximum Gasteiger partial charge on any atom is -0.0298 e. The van der Waals surface area contributed by atoms with Crippen molar-refractivity contribution in [1.82, 2.24) is 0 Å². The van der Waals surface area contributed by atoms with Crippen LogP contribution in [-0.2, 0) is 0 Å². The Morgan fingerprint density at radius 3 is 2.06 bits per heavy atom. The van der Waals surface area contributed by atoms with Crippen molar-refractivity contribution >= 4 is 0 Å². The highest BCUT2D eigenvalue weighted by atomic mass is 14.3. The van der Waals surface area contributed by atoms with E-state index in [4.69, 9.17) is 0 Å². The fourth-order valence-corrected chi connectivity index (χ4v) is 2.42. The van der Waals surface area contributed by atoms with Crippen LogP contribution >= 0.6 is 0 Å². The Hall–Kier alpha value is 0. The molecule has 0 nitrogen and oxygen atoms in total. The first-order valence-electron chi connectivity index (χ1n) is 7.41. The van der Waals surface area contributed by atoms with Gasteiger partial charge in [0.25, 0.3) is 0 Å². The number of hydrogen-bond donors (Lipinski definition) is 0. The maximum absolute atomic E-state index is 2.64. The van der Waals surface area contributed by atoms with Crippen LogP contribution in [0.25, 0.3) is 0 Å². The molecule has 1 unspecified atom stereocenters. The first-order chi connectivity index (χ1) is 7.55. The molecule has 0 spiro atoms. The third kappa shape index (κ3) is 8.19. The summed E-state index contributed by atoms with van der Waals surface area (Å²) in [5.74, 6) is 0.844. The lowest BCUT2D eigenvalue weighted by atomic mass is 9.76. The van der Waals surface area contributed by atoms with Gasteiger partial charge in [-0.3, -0.25) is 0 Å². The molecule has 0 aromatic rings. The smallest absolute Gasteiger partial charge is 0.0298 e. The SMILES string of the molecule is CCCCCC(C)(C)[CH]C(CC)CCCC. The van der Waals surface area contributed by atoms with Gasteiger partial charge < -0.3 is 0 Å². The first kappa shape index (κ1) is 16.0. The Kier molecular flexibility index (Phi) is 9.07. The van der Waals surface area contributed by atoms with Gasteiger partial charge in [-0.05, 0) is 24.2 Å². The quantitative estimate of drug-likeness (QED) is 0.399.